The number of rotatable bonds is 0. The van der Waals surface area contributed by atoms with E-state index in [0.717, 1.165) is 37.6 Å². The van der Waals surface area contributed by atoms with E-state index < -0.39 is 5.60 Å². The van der Waals surface area contributed by atoms with E-state index >= 15 is 0 Å². The van der Waals surface area contributed by atoms with Crippen molar-refractivity contribution in [2.24, 2.45) is 0 Å². The molecule has 98 valence electrons. The van der Waals surface area contributed by atoms with Gasteiger partial charge in [0.15, 0.2) is 0 Å². The van der Waals surface area contributed by atoms with Gasteiger partial charge in [-0.25, -0.2) is 4.79 Å². The second kappa shape index (κ2) is 4.69. The zero-order valence-corrected chi connectivity index (χ0v) is 11.7. The molecular weight excluding hydrogens is 236 g/mol. The minimum absolute atomic E-state index is 0.00868. The van der Waals surface area contributed by atoms with Gasteiger partial charge in [-0.15, -0.1) is 0 Å². The summed E-state index contributed by atoms with van der Waals surface area (Å²) in [7, 11) is 0. The molecule has 2 fully saturated rings. The van der Waals surface area contributed by atoms with E-state index in [1.54, 1.807) is 0 Å². The number of nitrogens with one attached hydrogen (secondary N) is 1. The van der Waals surface area contributed by atoms with Gasteiger partial charge < -0.3 is 10.1 Å². The van der Waals surface area contributed by atoms with Crippen LogP contribution < -0.4 is 5.32 Å². The normalized spacial score (nSPS) is 29.7. The Labute approximate surface area is 107 Å². The van der Waals surface area contributed by atoms with Gasteiger partial charge in [0.2, 0.25) is 0 Å². The van der Waals surface area contributed by atoms with Crippen LogP contribution in [0.1, 0.15) is 27.2 Å². The molecule has 1 unspecified atom stereocenters. The number of amides is 1. The lowest BCUT2D eigenvalue weighted by Gasteiger charge is -2.44. The summed E-state index contributed by atoms with van der Waals surface area (Å²) >= 11 is 1.93. The summed E-state index contributed by atoms with van der Waals surface area (Å²) in [5.74, 6) is 2.17. The highest BCUT2D eigenvalue weighted by atomic mass is 32.2. The number of thioether (sulfide) groups is 1. The molecule has 5 heteroatoms. The third kappa shape index (κ3) is 2.88. The first-order valence-corrected chi connectivity index (χ1v) is 7.38. The second-order valence-electron chi connectivity index (χ2n) is 5.84. The van der Waals surface area contributed by atoms with Crippen LogP contribution in [0.2, 0.25) is 0 Å². The van der Waals surface area contributed by atoms with E-state index in [2.05, 4.69) is 5.32 Å². The third-order valence-corrected chi connectivity index (χ3v) is 4.47. The molecular formula is C12H22N2O2S. The van der Waals surface area contributed by atoms with Gasteiger partial charge in [0.05, 0.1) is 5.54 Å². The summed E-state index contributed by atoms with van der Waals surface area (Å²) in [6.45, 7) is 8.29. The standard InChI is InChI=1S/C12H22N2O2S/c1-11(2,3)16-10(15)14-6-5-13-8-12(14)4-7-17-9-12/h13H,4-9H2,1-3H3. The first-order valence-electron chi connectivity index (χ1n) is 6.22. The minimum atomic E-state index is -0.408. The number of nitrogens with zero attached hydrogens (tertiary/aromatic N) is 1. The van der Waals surface area contributed by atoms with Gasteiger partial charge in [-0.1, -0.05) is 0 Å². The molecule has 1 atom stereocenters. The van der Waals surface area contributed by atoms with Gasteiger partial charge in [0.1, 0.15) is 5.60 Å². The smallest absolute Gasteiger partial charge is 0.410 e. The van der Waals surface area contributed by atoms with Gasteiger partial charge >= 0.3 is 6.09 Å². The van der Waals surface area contributed by atoms with Gasteiger partial charge in [-0.2, -0.15) is 11.8 Å². The van der Waals surface area contributed by atoms with Gasteiger partial charge in [0, 0.05) is 25.4 Å². The van der Waals surface area contributed by atoms with E-state index in [4.69, 9.17) is 4.74 Å². The van der Waals surface area contributed by atoms with Crippen molar-refractivity contribution in [1.82, 2.24) is 10.2 Å². The Bertz CT molecular complexity index is 295. The summed E-state index contributed by atoms with van der Waals surface area (Å²) in [6.07, 6.45) is 0.922. The van der Waals surface area contributed by atoms with Crippen LogP contribution in [0, 0.1) is 0 Å². The molecule has 0 aromatic rings. The average Bonchev–Trinajstić information content (AvgIpc) is 2.65. The Balaban J connectivity index is 2.08. The summed E-state index contributed by atoms with van der Waals surface area (Å²) in [6, 6.07) is 0. The number of hydrogen-bond donors (Lipinski definition) is 1. The van der Waals surface area contributed by atoms with Gasteiger partial charge in [-0.05, 0) is 32.9 Å². The molecule has 17 heavy (non-hydrogen) atoms. The van der Waals surface area contributed by atoms with Crippen molar-refractivity contribution < 1.29 is 9.53 Å². The monoisotopic (exact) mass is 258 g/mol. The lowest BCUT2D eigenvalue weighted by molar-refractivity contribution is -0.00510. The fourth-order valence-corrected chi connectivity index (χ4v) is 3.85. The summed E-state index contributed by atoms with van der Waals surface area (Å²) in [5.41, 5.74) is -0.417. The molecule has 0 aromatic carbocycles. The highest BCUT2D eigenvalue weighted by Gasteiger charge is 2.45. The summed E-state index contributed by atoms with van der Waals surface area (Å²) in [5, 5.41) is 3.40. The molecule has 0 saturated carbocycles. The average molecular weight is 258 g/mol. The maximum absolute atomic E-state index is 12.2. The van der Waals surface area contributed by atoms with Crippen LogP contribution in [-0.2, 0) is 4.74 Å². The molecule has 2 rings (SSSR count). The molecule has 0 aliphatic carbocycles. The van der Waals surface area contributed by atoms with Crippen molar-refractivity contribution in [3.05, 3.63) is 0 Å². The molecule has 1 spiro atoms. The van der Waals surface area contributed by atoms with Crippen molar-refractivity contribution in [3.63, 3.8) is 0 Å². The van der Waals surface area contributed by atoms with Crippen molar-refractivity contribution >= 4 is 17.9 Å². The van der Waals surface area contributed by atoms with Crippen molar-refractivity contribution in [3.8, 4) is 0 Å². The molecule has 2 aliphatic rings. The van der Waals surface area contributed by atoms with Crippen LogP contribution in [0.4, 0.5) is 4.79 Å². The van der Waals surface area contributed by atoms with Crippen LogP contribution in [0.25, 0.3) is 0 Å². The molecule has 2 heterocycles. The van der Waals surface area contributed by atoms with Crippen LogP contribution >= 0.6 is 11.8 Å². The van der Waals surface area contributed by atoms with E-state index in [-0.39, 0.29) is 11.6 Å². The lowest BCUT2D eigenvalue weighted by Crippen LogP contribution is -2.63. The van der Waals surface area contributed by atoms with E-state index in [9.17, 15) is 4.79 Å². The molecule has 2 saturated heterocycles. The largest absolute Gasteiger partial charge is 0.444 e. The zero-order chi connectivity index (χ0) is 12.5. The fraction of sp³-hybridized carbons (Fsp3) is 0.917. The predicted molar refractivity (Wildman–Crippen MR) is 70.5 cm³/mol. The quantitative estimate of drug-likeness (QED) is 0.718. The molecule has 0 aromatic heterocycles. The Kier molecular flexibility index (Phi) is 3.59. The highest BCUT2D eigenvalue weighted by Crippen LogP contribution is 2.35. The van der Waals surface area contributed by atoms with Crippen molar-refractivity contribution in [2.45, 2.75) is 38.3 Å². The van der Waals surface area contributed by atoms with Crippen molar-refractivity contribution in [2.75, 3.05) is 31.1 Å². The number of ether oxygens (including phenoxy) is 1. The van der Waals surface area contributed by atoms with Crippen LogP contribution in [-0.4, -0.2) is 53.3 Å². The van der Waals surface area contributed by atoms with Gasteiger partial charge in [-0.3, -0.25) is 4.90 Å². The molecule has 1 amide bonds. The molecule has 1 N–H and O–H groups in total. The Hall–Kier alpha value is -0.420. The van der Waals surface area contributed by atoms with Crippen molar-refractivity contribution in [1.29, 1.82) is 0 Å². The first-order chi connectivity index (χ1) is 7.93. The molecule has 4 nitrogen and oxygen atoms in total. The molecule has 2 aliphatic heterocycles. The Morgan fingerprint density at radius 3 is 2.82 bits per heavy atom. The molecule has 0 bridgehead atoms. The zero-order valence-electron chi connectivity index (χ0n) is 10.9. The van der Waals surface area contributed by atoms with Crippen LogP contribution in [0.3, 0.4) is 0 Å². The van der Waals surface area contributed by atoms with Gasteiger partial charge in [0.25, 0.3) is 0 Å². The number of carbonyl (C=O) groups excluding carboxylic acids is 1. The minimum Gasteiger partial charge on any atom is -0.444 e. The number of carbonyl (C=O) groups is 1. The lowest BCUT2D eigenvalue weighted by atomic mass is 9.94. The van der Waals surface area contributed by atoms with E-state index in [0.29, 0.717) is 0 Å². The van der Waals surface area contributed by atoms with Crippen LogP contribution in [0.5, 0.6) is 0 Å². The van der Waals surface area contributed by atoms with E-state index in [1.807, 2.05) is 37.4 Å². The second-order valence-corrected chi connectivity index (χ2v) is 6.94. The fourth-order valence-electron chi connectivity index (χ4n) is 2.40. The van der Waals surface area contributed by atoms with Crippen LogP contribution in [0.15, 0.2) is 0 Å². The highest BCUT2D eigenvalue weighted by molar-refractivity contribution is 7.99. The number of hydrogen-bond acceptors (Lipinski definition) is 4. The maximum atomic E-state index is 12.2. The Morgan fingerprint density at radius 2 is 2.24 bits per heavy atom. The SMILES string of the molecule is CC(C)(C)OC(=O)N1CCNCC12CCSC2. The number of piperazine rings is 1. The topological polar surface area (TPSA) is 41.6 Å². The Morgan fingerprint density at radius 1 is 1.47 bits per heavy atom. The third-order valence-electron chi connectivity index (χ3n) is 3.24. The first kappa shape index (κ1) is 13.0. The van der Waals surface area contributed by atoms with E-state index in [1.165, 1.54) is 0 Å². The predicted octanol–water partition coefficient (Wildman–Crippen LogP) is 1.70. The summed E-state index contributed by atoms with van der Waals surface area (Å²) < 4.78 is 5.51. The maximum Gasteiger partial charge on any atom is 0.410 e. The molecule has 0 radical (unpaired) electrons. The summed E-state index contributed by atoms with van der Waals surface area (Å²) in [4.78, 5) is 14.2.